The molecule has 9 heteroatoms. The summed E-state index contributed by atoms with van der Waals surface area (Å²) in [6, 6.07) is 13.4. The molecule has 0 saturated carbocycles. The maximum atomic E-state index is 12.5. The molecule has 0 aliphatic heterocycles. The van der Waals surface area contributed by atoms with Crippen LogP contribution in [-0.4, -0.2) is 25.1 Å². The summed E-state index contributed by atoms with van der Waals surface area (Å²) in [4.78, 5) is 3.30. The van der Waals surface area contributed by atoms with Crippen molar-refractivity contribution in [3.05, 3.63) is 60.3 Å². The second-order valence-corrected chi connectivity index (χ2v) is 7.27. The summed E-state index contributed by atoms with van der Waals surface area (Å²) in [6.07, 6.45) is 1.77. The molecule has 0 saturated heterocycles. The Bertz CT molecular complexity index is 1100. The van der Waals surface area contributed by atoms with Gasteiger partial charge in [0.2, 0.25) is 5.96 Å². The van der Waals surface area contributed by atoms with Crippen LogP contribution in [0.3, 0.4) is 0 Å². The lowest BCUT2D eigenvalue weighted by Crippen LogP contribution is -2.22. The van der Waals surface area contributed by atoms with E-state index < -0.39 is 10.0 Å². The number of H-pyrrole nitrogens is 1. The number of benzene rings is 2. The zero-order valence-electron chi connectivity index (χ0n) is 14.0. The summed E-state index contributed by atoms with van der Waals surface area (Å²) >= 11 is 0. The number of nitrogens with two attached hydrogens (primary N) is 2. The molecule has 3 aromatic rings. The standard InChI is InChI=1S/C17H18N6O2S/c1-11(21-22-17(18)19)15-10-20-16-8-7-12(9-14(15)16)23-26(24,25)13-5-3-2-4-6-13/h2-10,20,23H,1H3,(H4,18,19,22)/b21-11-. The van der Waals surface area contributed by atoms with Crippen LogP contribution in [0.25, 0.3) is 10.9 Å². The fourth-order valence-electron chi connectivity index (χ4n) is 2.48. The van der Waals surface area contributed by atoms with Gasteiger partial charge in [-0.15, -0.1) is 5.10 Å². The first-order valence-electron chi connectivity index (χ1n) is 7.69. The molecule has 0 aliphatic carbocycles. The van der Waals surface area contributed by atoms with Crippen molar-refractivity contribution in [1.29, 1.82) is 0 Å². The number of nitrogens with zero attached hydrogens (tertiary/aromatic N) is 2. The summed E-state index contributed by atoms with van der Waals surface area (Å²) in [6.45, 7) is 1.76. The number of nitrogens with one attached hydrogen (secondary N) is 2. The number of aromatic amines is 1. The quantitative estimate of drug-likeness (QED) is 0.310. The largest absolute Gasteiger partial charge is 0.369 e. The van der Waals surface area contributed by atoms with Crippen molar-refractivity contribution in [2.45, 2.75) is 11.8 Å². The van der Waals surface area contributed by atoms with Crippen LogP contribution >= 0.6 is 0 Å². The van der Waals surface area contributed by atoms with E-state index in [1.807, 2.05) is 0 Å². The van der Waals surface area contributed by atoms with E-state index in [1.54, 1.807) is 49.5 Å². The summed E-state index contributed by atoms with van der Waals surface area (Å²) in [5, 5.41) is 8.40. The van der Waals surface area contributed by atoms with E-state index in [0.29, 0.717) is 11.4 Å². The predicted molar refractivity (Wildman–Crippen MR) is 104 cm³/mol. The van der Waals surface area contributed by atoms with Gasteiger partial charge in [0.25, 0.3) is 10.0 Å². The molecule has 8 nitrogen and oxygen atoms in total. The lowest BCUT2D eigenvalue weighted by atomic mass is 10.1. The average Bonchev–Trinajstić information content (AvgIpc) is 3.03. The number of anilines is 1. The first kappa shape index (κ1) is 17.5. The van der Waals surface area contributed by atoms with E-state index in [9.17, 15) is 8.42 Å². The molecule has 0 amide bonds. The van der Waals surface area contributed by atoms with Gasteiger partial charge in [0, 0.05) is 28.4 Å². The van der Waals surface area contributed by atoms with Crippen LogP contribution in [0.4, 0.5) is 5.69 Å². The van der Waals surface area contributed by atoms with Gasteiger partial charge in [-0.05, 0) is 37.3 Å². The zero-order valence-corrected chi connectivity index (χ0v) is 14.8. The fourth-order valence-corrected chi connectivity index (χ4v) is 3.55. The minimum Gasteiger partial charge on any atom is -0.369 e. The molecule has 0 radical (unpaired) electrons. The van der Waals surface area contributed by atoms with Crippen molar-refractivity contribution >= 4 is 38.3 Å². The van der Waals surface area contributed by atoms with E-state index in [-0.39, 0.29) is 10.9 Å². The highest BCUT2D eigenvalue weighted by atomic mass is 32.2. The van der Waals surface area contributed by atoms with Gasteiger partial charge in [0.05, 0.1) is 10.6 Å². The topological polar surface area (TPSA) is 139 Å². The van der Waals surface area contributed by atoms with Crippen molar-refractivity contribution in [3.63, 3.8) is 0 Å². The number of hydrogen-bond acceptors (Lipinski definition) is 4. The van der Waals surface area contributed by atoms with Gasteiger partial charge in [-0.3, -0.25) is 4.72 Å². The van der Waals surface area contributed by atoms with Crippen LogP contribution in [0.5, 0.6) is 0 Å². The second-order valence-electron chi connectivity index (χ2n) is 5.59. The molecule has 2 aromatic carbocycles. The zero-order chi connectivity index (χ0) is 18.7. The van der Waals surface area contributed by atoms with E-state index in [1.165, 1.54) is 12.1 Å². The third-order valence-electron chi connectivity index (χ3n) is 3.69. The second kappa shape index (κ2) is 6.89. The van der Waals surface area contributed by atoms with Gasteiger partial charge in [-0.25, -0.2) is 8.42 Å². The van der Waals surface area contributed by atoms with Crippen LogP contribution in [0.2, 0.25) is 0 Å². The monoisotopic (exact) mass is 370 g/mol. The van der Waals surface area contributed by atoms with E-state index in [0.717, 1.165) is 16.5 Å². The first-order chi connectivity index (χ1) is 12.4. The lowest BCUT2D eigenvalue weighted by molar-refractivity contribution is 0.601. The molecule has 6 N–H and O–H groups in total. The maximum Gasteiger partial charge on any atom is 0.261 e. The molecule has 0 fully saturated rings. The number of sulfonamides is 1. The van der Waals surface area contributed by atoms with Gasteiger partial charge in [0.1, 0.15) is 0 Å². The van der Waals surface area contributed by atoms with Crippen molar-refractivity contribution in [2.75, 3.05) is 4.72 Å². The molecular formula is C17H18N6O2S. The van der Waals surface area contributed by atoms with Crippen molar-refractivity contribution in [2.24, 2.45) is 21.7 Å². The van der Waals surface area contributed by atoms with Crippen LogP contribution in [0.1, 0.15) is 12.5 Å². The van der Waals surface area contributed by atoms with Crippen molar-refractivity contribution in [1.82, 2.24) is 4.98 Å². The number of fused-ring (bicyclic) bond motifs is 1. The highest BCUT2D eigenvalue weighted by Crippen LogP contribution is 2.25. The third kappa shape index (κ3) is 3.67. The van der Waals surface area contributed by atoms with Gasteiger partial charge < -0.3 is 16.5 Å². The predicted octanol–water partition coefficient (Wildman–Crippen LogP) is 1.97. The molecular weight excluding hydrogens is 352 g/mol. The molecule has 3 rings (SSSR count). The Morgan fingerprint density at radius 2 is 1.81 bits per heavy atom. The van der Waals surface area contributed by atoms with Crippen molar-refractivity contribution in [3.8, 4) is 0 Å². The van der Waals surface area contributed by atoms with Crippen molar-refractivity contribution < 1.29 is 8.42 Å². The Morgan fingerprint density at radius 3 is 2.50 bits per heavy atom. The molecule has 0 atom stereocenters. The van der Waals surface area contributed by atoms with E-state index in [4.69, 9.17) is 11.5 Å². The third-order valence-corrected chi connectivity index (χ3v) is 5.09. The molecule has 26 heavy (non-hydrogen) atoms. The van der Waals surface area contributed by atoms with Crippen LogP contribution < -0.4 is 16.2 Å². The first-order valence-corrected chi connectivity index (χ1v) is 9.18. The Labute approximate surface area is 150 Å². The molecule has 1 aromatic heterocycles. The molecule has 0 unspecified atom stereocenters. The normalized spacial score (nSPS) is 12.1. The Hall–Kier alpha value is -3.33. The highest BCUT2D eigenvalue weighted by molar-refractivity contribution is 7.92. The van der Waals surface area contributed by atoms with Gasteiger partial charge in [-0.1, -0.05) is 18.2 Å². The molecule has 0 aliphatic rings. The summed E-state index contributed by atoms with van der Waals surface area (Å²) in [7, 11) is -3.66. The number of hydrogen-bond donors (Lipinski definition) is 4. The summed E-state index contributed by atoms with van der Waals surface area (Å²) in [5.41, 5.74) is 13.2. The van der Waals surface area contributed by atoms with Gasteiger partial charge in [-0.2, -0.15) is 5.10 Å². The maximum absolute atomic E-state index is 12.5. The average molecular weight is 370 g/mol. The minimum absolute atomic E-state index is 0.138. The van der Waals surface area contributed by atoms with Crippen LogP contribution in [-0.2, 0) is 10.0 Å². The molecule has 0 bridgehead atoms. The lowest BCUT2D eigenvalue weighted by Gasteiger charge is -2.08. The fraction of sp³-hybridized carbons (Fsp3) is 0.0588. The molecule has 0 spiro atoms. The van der Waals surface area contributed by atoms with Gasteiger partial charge in [0.15, 0.2) is 0 Å². The molecule has 1 heterocycles. The highest BCUT2D eigenvalue weighted by Gasteiger charge is 2.15. The summed E-state index contributed by atoms with van der Waals surface area (Å²) < 4.78 is 27.6. The Morgan fingerprint density at radius 1 is 1.08 bits per heavy atom. The Kier molecular flexibility index (Phi) is 4.63. The number of rotatable bonds is 5. The minimum atomic E-state index is -3.66. The van der Waals surface area contributed by atoms with Crippen LogP contribution in [0.15, 0.2) is 69.8 Å². The summed E-state index contributed by atoms with van der Waals surface area (Å²) in [5.74, 6) is -0.138. The van der Waals surface area contributed by atoms with E-state index >= 15 is 0 Å². The number of aromatic nitrogens is 1. The van der Waals surface area contributed by atoms with Crippen LogP contribution in [0, 0.1) is 0 Å². The Balaban J connectivity index is 1.98. The van der Waals surface area contributed by atoms with E-state index in [2.05, 4.69) is 19.9 Å². The SMILES string of the molecule is C/C(=N/N=C(N)N)c1c[nH]c2ccc(NS(=O)(=O)c3ccccc3)cc12. The molecule has 134 valence electrons. The number of guanidine groups is 1. The smallest absolute Gasteiger partial charge is 0.261 e. The van der Waals surface area contributed by atoms with Gasteiger partial charge >= 0.3 is 0 Å².